The minimum absolute atomic E-state index is 0.157. The Labute approximate surface area is 47.2 Å². The van der Waals surface area contributed by atoms with Crippen LogP contribution in [0.15, 0.2) is 16.9 Å². The molecule has 0 spiro atoms. The summed E-state index contributed by atoms with van der Waals surface area (Å²) in [6.45, 7) is 0. The number of hydrogen-bond acceptors (Lipinski definition) is 2. The largest absolute Gasteiger partial charge is 0.268 e. The number of rotatable bonds is 0. The molecule has 3 nitrogen and oxygen atoms in total. The number of hydrogen-bond donors (Lipinski definition) is 1. The van der Waals surface area contributed by atoms with E-state index in [-0.39, 0.29) is 5.56 Å². The highest BCUT2D eigenvalue weighted by atomic mass is 16.1. The molecule has 0 amide bonds. The van der Waals surface area contributed by atoms with Crippen molar-refractivity contribution in [2.75, 3.05) is 0 Å². The minimum Gasteiger partial charge on any atom is -0.268 e. The fraction of sp³-hybridized carbons (Fsp3) is 0. The van der Waals surface area contributed by atoms with Gasteiger partial charge in [-0.25, -0.2) is 5.10 Å². The summed E-state index contributed by atoms with van der Waals surface area (Å²) in [4.78, 5) is 10.3. The third-order valence-corrected chi connectivity index (χ3v) is 0.818. The second-order valence-corrected chi connectivity index (χ2v) is 1.56. The molecule has 1 N–H and O–H groups in total. The molecule has 0 aliphatic heterocycles. The van der Waals surface area contributed by atoms with E-state index in [1.807, 2.05) is 7.85 Å². The van der Waals surface area contributed by atoms with Crippen molar-refractivity contribution in [1.29, 1.82) is 0 Å². The van der Waals surface area contributed by atoms with Crippen LogP contribution in [-0.2, 0) is 0 Å². The molecule has 0 atom stereocenters. The molecule has 0 aliphatic carbocycles. The van der Waals surface area contributed by atoms with E-state index < -0.39 is 0 Å². The minimum atomic E-state index is -0.157. The maximum atomic E-state index is 10.3. The van der Waals surface area contributed by atoms with Gasteiger partial charge in [-0.2, -0.15) is 5.10 Å². The Hall–Kier alpha value is -1.06. The topological polar surface area (TPSA) is 45.8 Å². The van der Waals surface area contributed by atoms with Crippen molar-refractivity contribution >= 4 is 13.4 Å². The lowest BCUT2D eigenvalue weighted by atomic mass is 10.1. The summed E-state index contributed by atoms with van der Waals surface area (Å²) in [5, 5.41) is 5.94. The zero-order valence-electron chi connectivity index (χ0n) is 4.51. The van der Waals surface area contributed by atoms with E-state index in [2.05, 4.69) is 10.2 Å². The average molecular weight is 108 g/mol. The molecule has 8 heavy (non-hydrogen) atoms. The zero-order chi connectivity index (χ0) is 5.98. The van der Waals surface area contributed by atoms with E-state index in [9.17, 15) is 4.79 Å². The van der Waals surface area contributed by atoms with Gasteiger partial charge in [0.25, 0.3) is 5.56 Å². The van der Waals surface area contributed by atoms with E-state index >= 15 is 0 Å². The normalized spacial score (nSPS) is 9.00. The molecule has 1 aromatic heterocycles. The summed E-state index contributed by atoms with van der Waals surface area (Å²) in [5.74, 6) is 0. The Morgan fingerprint density at radius 2 is 2.38 bits per heavy atom. The van der Waals surface area contributed by atoms with Crippen molar-refractivity contribution < 1.29 is 0 Å². The van der Waals surface area contributed by atoms with Gasteiger partial charge in [0.05, 0.1) is 0 Å². The fourth-order valence-corrected chi connectivity index (χ4v) is 0.414. The van der Waals surface area contributed by atoms with E-state index in [0.717, 1.165) is 5.59 Å². The Balaban J connectivity index is 3.22. The molecule has 40 valence electrons. The van der Waals surface area contributed by atoms with Crippen LogP contribution >= 0.6 is 0 Å². The maximum absolute atomic E-state index is 10.3. The lowest BCUT2D eigenvalue weighted by molar-refractivity contribution is 1.01. The first kappa shape index (κ1) is 5.09. The SMILES string of the molecule is Bc1ccc(=O)[nH]n1. The van der Waals surface area contributed by atoms with Gasteiger partial charge in [-0.3, -0.25) is 4.79 Å². The van der Waals surface area contributed by atoms with Crippen LogP contribution in [0.5, 0.6) is 0 Å². The van der Waals surface area contributed by atoms with Gasteiger partial charge in [0, 0.05) is 11.7 Å². The first-order valence-electron chi connectivity index (χ1n) is 2.31. The molecular weight excluding hydrogens is 103 g/mol. The molecule has 1 aromatic rings. The van der Waals surface area contributed by atoms with Crippen molar-refractivity contribution in [2.24, 2.45) is 0 Å². The Kier molecular flexibility index (Phi) is 1.16. The molecular formula is C4H5BN2O. The lowest BCUT2D eigenvalue weighted by Gasteiger charge is -1.83. The summed E-state index contributed by atoms with van der Waals surface area (Å²) in [7, 11) is 1.82. The fourth-order valence-electron chi connectivity index (χ4n) is 0.414. The number of aromatic amines is 1. The monoisotopic (exact) mass is 108 g/mol. The molecule has 0 unspecified atom stereocenters. The predicted octanol–water partition coefficient (Wildman–Crippen LogP) is -1.97. The summed E-state index contributed by atoms with van der Waals surface area (Å²) < 4.78 is 0. The summed E-state index contributed by atoms with van der Waals surface area (Å²) in [6, 6.07) is 3.11. The third-order valence-electron chi connectivity index (χ3n) is 0.818. The zero-order valence-corrected chi connectivity index (χ0v) is 4.51. The van der Waals surface area contributed by atoms with E-state index in [1.54, 1.807) is 6.07 Å². The van der Waals surface area contributed by atoms with Gasteiger partial charge in [0.1, 0.15) is 0 Å². The van der Waals surface area contributed by atoms with Crippen molar-refractivity contribution in [3.8, 4) is 0 Å². The number of nitrogens with zero attached hydrogens (tertiary/aromatic N) is 1. The van der Waals surface area contributed by atoms with Crippen LogP contribution < -0.4 is 11.2 Å². The summed E-state index contributed by atoms with van der Waals surface area (Å²) >= 11 is 0. The Bertz CT molecular complexity index is 211. The van der Waals surface area contributed by atoms with Crippen molar-refractivity contribution in [2.45, 2.75) is 0 Å². The lowest BCUT2D eigenvalue weighted by Crippen LogP contribution is -2.16. The average Bonchev–Trinajstić information content (AvgIpc) is 1.77. The van der Waals surface area contributed by atoms with Gasteiger partial charge in [-0.15, -0.1) is 0 Å². The number of aromatic nitrogens is 2. The van der Waals surface area contributed by atoms with Crippen molar-refractivity contribution in [3.05, 3.63) is 22.5 Å². The Morgan fingerprint density at radius 1 is 1.62 bits per heavy atom. The maximum Gasteiger partial charge on any atom is 0.264 e. The highest BCUT2D eigenvalue weighted by Gasteiger charge is 1.80. The number of H-pyrrole nitrogens is 1. The first-order chi connectivity index (χ1) is 3.79. The first-order valence-corrected chi connectivity index (χ1v) is 2.31. The molecule has 0 bridgehead atoms. The molecule has 1 heterocycles. The van der Waals surface area contributed by atoms with Crippen molar-refractivity contribution in [3.63, 3.8) is 0 Å². The molecule has 0 saturated heterocycles. The number of nitrogens with one attached hydrogen (secondary N) is 1. The van der Waals surface area contributed by atoms with Gasteiger partial charge >= 0.3 is 0 Å². The summed E-state index contributed by atoms with van der Waals surface area (Å²) in [6.07, 6.45) is 0. The second kappa shape index (κ2) is 1.82. The highest BCUT2D eigenvalue weighted by Crippen LogP contribution is 1.56. The quantitative estimate of drug-likeness (QED) is 0.391. The molecule has 0 aromatic carbocycles. The smallest absolute Gasteiger partial charge is 0.264 e. The second-order valence-electron chi connectivity index (χ2n) is 1.56. The highest BCUT2D eigenvalue weighted by molar-refractivity contribution is 6.30. The standard InChI is InChI=1S/C4H5BN2O/c5-3-1-2-4(8)7-6-3/h1-2H,5H2,(H,7,8). The van der Waals surface area contributed by atoms with E-state index in [4.69, 9.17) is 0 Å². The van der Waals surface area contributed by atoms with Gasteiger partial charge in [-0.1, -0.05) is 0 Å². The van der Waals surface area contributed by atoms with Crippen LogP contribution in [0.2, 0.25) is 0 Å². The van der Waals surface area contributed by atoms with Gasteiger partial charge in [0.15, 0.2) is 7.85 Å². The van der Waals surface area contributed by atoms with E-state index in [1.165, 1.54) is 6.07 Å². The Morgan fingerprint density at radius 3 is 2.75 bits per heavy atom. The van der Waals surface area contributed by atoms with Gasteiger partial charge < -0.3 is 0 Å². The molecule has 4 heteroatoms. The van der Waals surface area contributed by atoms with Crippen molar-refractivity contribution in [1.82, 2.24) is 10.2 Å². The van der Waals surface area contributed by atoms with Crippen LogP contribution in [0, 0.1) is 0 Å². The molecule has 0 aliphatic rings. The molecule has 1 rings (SSSR count). The molecule has 0 saturated carbocycles. The molecule has 0 fully saturated rings. The van der Waals surface area contributed by atoms with Crippen LogP contribution in [0.3, 0.4) is 0 Å². The van der Waals surface area contributed by atoms with E-state index in [0.29, 0.717) is 0 Å². The summed E-state index contributed by atoms with van der Waals surface area (Å²) in [5.41, 5.74) is 0.667. The third kappa shape index (κ3) is 0.962. The van der Waals surface area contributed by atoms with Crippen LogP contribution in [0.4, 0.5) is 0 Å². The predicted molar refractivity (Wildman–Crippen MR) is 33.0 cm³/mol. The van der Waals surface area contributed by atoms with Crippen LogP contribution in [0.25, 0.3) is 0 Å². The van der Waals surface area contributed by atoms with Crippen LogP contribution in [0.1, 0.15) is 0 Å². The van der Waals surface area contributed by atoms with Gasteiger partial charge in [0.2, 0.25) is 0 Å². The molecule has 0 radical (unpaired) electrons. The van der Waals surface area contributed by atoms with Gasteiger partial charge in [-0.05, 0) is 6.07 Å². The van der Waals surface area contributed by atoms with Crippen LogP contribution in [-0.4, -0.2) is 18.0 Å².